The highest BCUT2D eigenvalue weighted by atomic mass is 16.5. The molecule has 0 spiro atoms. The first-order valence-electron chi connectivity index (χ1n) is 7.48. The van der Waals surface area contributed by atoms with E-state index in [1.165, 1.54) is 14.0 Å². The standard InChI is InChI=1S/C18H18N2O4/c1-11(21)19-13-5-7-14(8-6-13)20-10-12-4-9-15(23-2)17(24-3)16(12)18(20)22/h4-9H,10H2,1-3H3,(H,19,21). The van der Waals surface area contributed by atoms with E-state index in [1.807, 2.05) is 6.07 Å². The van der Waals surface area contributed by atoms with Crippen molar-refractivity contribution in [1.29, 1.82) is 0 Å². The molecule has 24 heavy (non-hydrogen) atoms. The quantitative estimate of drug-likeness (QED) is 0.938. The molecule has 0 saturated heterocycles. The van der Waals surface area contributed by atoms with Gasteiger partial charge in [-0.15, -0.1) is 0 Å². The number of fused-ring (bicyclic) bond motifs is 1. The number of rotatable bonds is 4. The molecular formula is C18H18N2O4. The van der Waals surface area contributed by atoms with Crippen LogP contribution in [-0.4, -0.2) is 26.0 Å². The van der Waals surface area contributed by atoms with Gasteiger partial charge in [-0.25, -0.2) is 0 Å². The topological polar surface area (TPSA) is 67.9 Å². The van der Waals surface area contributed by atoms with Crippen LogP contribution < -0.4 is 19.7 Å². The number of nitrogens with one attached hydrogen (secondary N) is 1. The Morgan fingerprint density at radius 3 is 2.38 bits per heavy atom. The summed E-state index contributed by atoms with van der Waals surface area (Å²) in [6.45, 7) is 1.92. The first-order valence-corrected chi connectivity index (χ1v) is 7.48. The van der Waals surface area contributed by atoms with Gasteiger partial charge >= 0.3 is 0 Å². The number of carbonyl (C=O) groups is 2. The second-order valence-electron chi connectivity index (χ2n) is 5.45. The fraction of sp³-hybridized carbons (Fsp3) is 0.222. The summed E-state index contributed by atoms with van der Waals surface area (Å²) < 4.78 is 10.6. The zero-order chi connectivity index (χ0) is 17.3. The molecule has 2 aromatic carbocycles. The zero-order valence-electron chi connectivity index (χ0n) is 13.8. The number of nitrogens with zero attached hydrogens (tertiary/aromatic N) is 1. The molecular weight excluding hydrogens is 308 g/mol. The van der Waals surface area contributed by atoms with Crippen LogP contribution in [0.1, 0.15) is 22.8 Å². The van der Waals surface area contributed by atoms with Gasteiger partial charge in [0.2, 0.25) is 5.91 Å². The van der Waals surface area contributed by atoms with Gasteiger partial charge in [0.05, 0.1) is 26.3 Å². The number of benzene rings is 2. The van der Waals surface area contributed by atoms with Crippen LogP contribution in [-0.2, 0) is 11.3 Å². The summed E-state index contributed by atoms with van der Waals surface area (Å²) in [6, 6.07) is 10.8. The average molecular weight is 326 g/mol. The third-order valence-electron chi connectivity index (χ3n) is 3.92. The molecule has 0 atom stereocenters. The lowest BCUT2D eigenvalue weighted by Crippen LogP contribution is -2.23. The molecule has 3 rings (SSSR count). The van der Waals surface area contributed by atoms with Crippen molar-refractivity contribution < 1.29 is 19.1 Å². The van der Waals surface area contributed by atoms with Crippen molar-refractivity contribution in [2.24, 2.45) is 0 Å². The number of methoxy groups -OCH3 is 2. The van der Waals surface area contributed by atoms with Crippen molar-refractivity contribution >= 4 is 23.2 Å². The minimum Gasteiger partial charge on any atom is -0.493 e. The molecule has 124 valence electrons. The van der Waals surface area contributed by atoms with E-state index in [2.05, 4.69) is 5.32 Å². The van der Waals surface area contributed by atoms with Crippen LogP contribution in [0, 0.1) is 0 Å². The number of hydrogen-bond acceptors (Lipinski definition) is 4. The highest BCUT2D eigenvalue weighted by Crippen LogP contribution is 2.39. The lowest BCUT2D eigenvalue weighted by molar-refractivity contribution is -0.114. The molecule has 1 aliphatic heterocycles. The van der Waals surface area contributed by atoms with Crippen molar-refractivity contribution in [3.63, 3.8) is 0 Å². The zero-order valence-corrected chi connectivity index (χ0v) is 13.8. The Hall–Kier alpha value is -3.02. The van der Waals surface area contributed by atoms with Gasteiger partial charge in [0.15, 0.2) is 11.5 Å². The van der Waals surface area contributed by atoms with Crippen molar-refractivity contribution in [1.82, 2.24) is 0 Å². The van der Waals surface area contributed by atoms with E-state index in [1.54, 1.807) is 42.3 Å². The van der Waals surface area contributed by atoms with Crippen molar-refractivity contribution in [2.75, 3.05) is 24.4 Å². The van der Waals surface area contributed by atoms with Crippen LogP contribution in [0.5, 0.6) is 11.5 Å². The molecule has 0 saturated carbocycles. The van der Waals surface area contributed by atoms with Gasteiger partial charge in [-0.1, -0.05) is 6.07 Å². The van der Waals surface area contributed by atoms with Gasteiger partial charge in [-0.3, -0.25) is 9.59 Å². The van der Waals surface area contributed by atoms with E-state index in [0.29, 0.717) is 29.3 Å². The fourth-order valence-electron chi connectivity index (χ4n) is 2.85. The SMILES string of the molecule is COc1ccc2c(c1OC)C(=O)N(c1ccc(NC(C)=O)cc1)C2. The lowest BCUT2D eigenvalue weighted by Gasteiger charge is -2.16. The number of carbonyl (C=O) groups excluding carboxylic acids is 2. The predicted octanol–water partition coefficient (Wildman–Crippen LogP) is 2.82. The third kappa shape index (κ3) is 2.67. The second kappa shape index (κ2) is 6.23. The number of anilines is 2. The van der Waals surface area contributed by atoms with E-state index in [0.717, 1.165) is 11.3 Å². The Bertz CT molecular complexity index is 799. The normalized spacial score (nSPS) is 12.8. The van der Waals surface area contributed by atoms with Crippen LogP contribution >= 0.6 is 0 Å². The Kier molecular flexibility index (Phi) is 4.12. The molecule has 0 aliphatic carbocycles. The van der Waals surface area contributed by atoms with Gasteiger partial charge in [-0.05, 0) is 35.9 Å². The van der Waals surface area contributed by atoms with Crippen molar-refractivity contribution in [3.8, 4) is 11.5 Å². The fourth-order valence-corrected chi connectivity index (χ4v) is 2.85. The molecule has 1 aliphatic rings. The minimum atomic E-state index is -0.135. The summed E-state index contributed by atoms with van der Waals surface area (Å²) in [4.78, 5) is 25.6. The monoisotopic (exact) mass is 326 g/mol. The van der Waals surface area contributed by atoms with Gasteiger partial charge in [0.1, 0.15) is 0 Å². The molecule has 2 amide bonds. The number of amides is 2. The minimum absolute atomic E-state index is 0.131. The summed E-state index contributed by atoms with van der Waals surface area (Å²) in [5, 5.41) is 2.71. The molecule has 1 heterocycles. The summed E-state index contributed by atoms with van der Waals surface area (Å²) in [6.07, 6.45) is 0. The van der Waals surface area contributed by atoms with Gasteiger partial charge in [0.25, 0.3) is 5.91 Å². The molecule has 1 N–H and O–H groups in total. The first-order chi connectivity index (χ1) is 11.5. The Morgan fingerprint density at radius 1 is 1.08 bits per heavy atom. The maximum atomic E-state index is 12.8. The van der Waals surface area contributed by atoms with Crippen molar-refractivity contribution in [3.05, 3.63) is 47.5 Å². The molecule has 2 aromatic rings. The second-order valence-corrected chi connectivity index (χ2v) is 5.45. The van der Waals surface area contributed by atoms with E-state index >= 15 is 0 Å². The maximum Gasteiger partial charge on any atom is 0.262 e. The predicted molar refractivity (Wildman–Crippen MR) is 90.8 cm³/mol. The van der Waals surface area contributed by atoms with Crippen LogP contribution in [0.3, 0.4) is 0 Å². The van der Waals surface area contributed by atoms with E-state index in [9.17, 15) is 9.59 Å². The van der Waals surface area contributed by atoms with Crippen LogP contribution in [0.25, 0.3) is 0 Å². The highest BCUT2D eigenvalue weighted by molar-refractivity contribution is 6.12. The number of ether oxygens (including phenoxy) is 2. The molecule has 0 radical (unpaired) electrons. The largest absolute Gasteiger partial charge is 0.493 e. The first kappa shape index (κ1) is 15.9. The third-order valence-corrected chi connectivity index (χ3v) is 3.92. The average Bonchev–Trinajstić information content (AvgIpc) is 2.91. The Balaban J connectivity index is 1.92. The van der Waals surface area contributed by atoms with E-state index in [-0.39, 0.29) is 11.8 Å². The molecule has 0 aromatic heterocycles. The molecule has 0 bridgehead atoms. The summed E-state index contributed by atoms with van der Waals surface area (Å²) in [7, 11) is 3.07. The van der Waals surface area contributed by atoms with E-state index in [4.69, 9.17) is 9.47 Å². The molecule has 0 fully saturated rings. The number of hydrogen-bond donors (Lipinski definition) is 1. The van der Waals surface area contributed by atoms with Gasteiger partial charge in [0, 0.05) is 18.3 Å². The van der Waals surface area contributed by atoms with Gasteiger partial charge in [-0.2, -0.15) is 0 Å². The van der Waals surface area contributed by atoms with E-state index < -0.39 is 0 Å². The Labute approximate surface area is 140 Å². The van der Waals surface area contributed by atoms with Gasteiger partial charge < -0.3 is 19.7 Å². The smallest absolute Gasteiger partial charge is 0.262 e. The molecule has 6 nitrogen and oxygen atoms in total. The summed E-state index contributed by atoms with van der Waals surface area (Å²) >= 11 is 0. The van der Waals surface area contributed by atoms with Crippen LogP contribution in [0.15, 0.2) is 36.4 Å². The Morgan fingerprint density at radius 2 is 1.79 bits per heavy atom. The van der Waals surface area contributed by atoms with Crippen molar-refractivity contribution in [2.45, 2.75) is 13.5 Å². The van der Waals surface area contributed by atoms with Crippen LogP contribution in [0.2, 0.25) is 0 Å². The molecule has 6 heteroatoms. The lowest BCUT2D eigenvalue weighted by atomic mass is 10.1. The highest BCUT2D eigenvalue weighted by Gasteiger charge is 2.33. The summed E-state index contributed by atoms with van der Waals surface area (Å²) in [5.74, 6) is 0.724. The van der Waals surface area contributed by atoms with Crippen LogP contribution in [0.4, 0.5) is 11.4 Å². The molecule has 0 unspecified atom stereocenters. The maximum absolute atomic E-state index is 12.8. The summed E-state index contributed by atoms with van der Waals surface area (Å²) in [5.41, 5.74) is 2.87.